The van der Waals surface area contributed by atoms with Crippen LogP contribution in [0.25, 0.3) is 39.9 Å². The number of rotatable bonds is 11. The molecule has 0 N–H and O–H groups in total. The van der Waals surface area contributed by atoms with Crippen molar-refractivity contribution in [3.63, 3.8) is 0 Å². The predicted molar refractivity (Wildman–Crippen MR) is 320 cm³/mol. The zero-order valence-corrected chi connectivity index (χ0v) is 54.7. The van der Waals surface area contributed by atoms with E-state index < -0.39 is 0 Å². The second kappa shape index (κ2) is 35.5. The first-order valence-corrected chi connectivity index (χ1v) is 27.8. The van der Waals surface area contributed by atoms with Crippen molar-refractivity contribution < 1.29 is 99.0 Å². The third kappa shape index (κ3) is 21.1. The summed E-state index contributed by atoms with van der Waals surface area (Å²) in [5, 5.41) is 18.5. The molecule has 0 amide bonds. The topological polar surface area (TPSA) is 158 Å². The average Bonchev–Trinajstić information content (AvgIpc) is 4.39. The van der Waals surface area contributed by atoms with Crippen molar-refractivity contribution in [3.05, 3.63) is 211 Å². The molecule has 0 saturated carbocycles. The van der Waals surface area contributed by atoms with Crippen LogP contribution in [-0.4, -0.2) is 74.6 Å². The predicted octanol–water partition coefficient (Wildman–Crippen LogP) is -0.709. The molecule has 1 aliphatic heterocycles. The number of aromatic nitrogens is 14. The van der Waals surface area contributed by atoms with Gasteiger partial charge in [0.2, 0.25) is 0 Å². The van der Waals surface area contributed by atoms with Crippen molar-refractivity contribution in [1.29, 1.82) is 0 Å². The molecule has 10 aromatic rings. The molecule has 86 heavy (non-hydrogen) atoms. The van der Waals surface area contributed by atoms with Crippen LogP contribution in [-0.2, 0) is 10.2 Å². The molecule has 0 radical (unpaired) electrons. The number of hydrogen-bond acceptors (Lipinski definition) is 11. The minimum absolute atomic E-state index is 0. The third-order valence-electron chi connectivity index (χ3n) is 14.4. The van der Waals surface area contributed by atoms with Gasteiger partial charge in [-0.25, -0.2) is 16.3 Å². The van der Waals surface area contributed by atoms with E-state index in [2.05, 4.69) is 202 Å². The quantitative estimate of drug-likeness (QED) is 0.119. The van der Waals surface area contributed by atoms with Crippen LogP contribution in [0.3, 0.4) is 0 Å². The number of nitrogens with zero attached hydrogens (tertiary/aromatic N) is 14. The molecule has 0 saturated heterocycles. The standard InChI is InChI=1S/C17H18N3.C17H24NO.C12H14N3.C11H13N4.C9H8N3.5Li/c1-12(2)13(3)14-8-9-18-17(10-14)20-11-15-6-4-5-7-16(15)19-20;1-7-12(2)13-8-9-18-14(10-13)15-11-16(3,4)17(5,6)19-15;1-12(2,3)10-7-9-15(14-10)11-6-4-5-8-13-11;1-3-9(2)11-13-8-15(14-11)10-6-4-5-7-12-10;1-8-5-7-12(11-8)9-4-2-3-6-10-9;;;;;/h4-10,12-13H,1-3H3;8-10,12H,7H2,1-6H3;4-8H,1-3H3;4-7,9H,3H2,1-2H3;2-6H,1H3;;;;;/q5*-1;5*+1. The summed E-state index contributed by atoms with van der Waals surface area (Å²) in [6, 6.07) is 37.2. The van der Waals surface area contributed by atoms with Gasteiger partial charge < -0.3 is 48.4 Å². The number of hydrogen-bond donors (Lipinski definition) is 0. The van der Waals surface area contributed by atoms with Crippen LogP contribution in [0.4, 0.5) is 0 Å². The molecule has 0 bridgehead atoms. The Bertz CT molecular complexity index is 3530. The van der Waals surface area contributed by atoms with Gasteiger partial charge in [-0.1, -0.05) is 169 Å². The Labute approximate surface area is 571 Å². The summed E-state index contributed by atoms with van der Waals surface area (Å²) < 4.78 is 12.7. The largest absolute Gasteiger partial charge is 1.00 e. The summed E-state index contributed by atoms with van der Waals surface area (Å²) in [5.41, 5.74) is 6.12. The Morgan fingerprint density at radius 3 is 1.58 bits per heavy atom. The van der Waals surface area contributed by atoms with Gasteiger partial charge in [0, 0.05) is 42.8 Å². The number of pyridine rings is 5. The van der Waals surface area contributed by atoms with Crippen molar-refractivity contribution in [2.24, 2.45) is 11.3 Å². The summed E-state index contributed by atoms with van der Waals surface area (Å²) >= 11 is 0. The molecular weight excluding hydrogens is 1040 g/mol. The molecule has 3 atom stereocenters. The van der Waals surface area contributed by atoms with Crippen molar-refractivity contribution in [2.75, 3.05) is 0 Å². The van der Waals surface area contributed by atoms with Crippen LogP contribution in [0, 0.1) is 49.3 Å². The van der Waals surface area contributed by atoms with E-state index in [-0.39, 0.29) is 111 Å². The summed E-state index contributed by atoms with van der Waals surface area (Å²) in [6.45, 7) is 32.2. The third-order valence-corrected chi connectivity index (χ3v) is 14.4. The van der Waals surface area contributed by atoms with Gasteiger partial charge in [-0.05, 0) is 120 Å². The molecule has 0 aliphatic carbocycles. The summed E-state index contributed by atoms with van der Waals surface area (Å²) in [5.74, 6) is 6.80. The fourth-order valence-electron chi connectivity index (χ4n) is 7.74. The maximum absolute atomic E-state index is 6.06. The molecule has 3 unspecified atom stereocenters. The van der Waals surface area contributed by atoms with E-state index in [0.717, 1.165) is 75.7 Å². The van der Waals surface area contributed by atoms with Gasteiger partial charge >= 0.3 is 94.3 Å². The van der Waals surface area contributed by atoms with Crippen molar-refractivity contribution in [2.45, 2.75) is 145 Å². The van der Waals surface area contributed by atoms with Gasteiger partial charge in [-0.2, -0.15) is 0 Å². The maximum atomic E-state index is 6.06. The zero-order chi connectivity index (χ0) is 58.3. The Morgan fingerprint density at radius 1 is 0.547 bits per heavy atom. The van der Waals surface area contributed by atoms with E-state index in [1.54, 1.807) is 37.3 Å². The maximum Gasteiger partial charge on any atom is 1.00 e. The monoisotopic (exact) mass is 1120 g/mol. The van der Waals surface area contributed by atoms with Crippen LogP contribution in [0.15, 0.2) is 146 Å². The fraction of sp³-hybridized carbons (Fsp3) is 0.364. The molecule has 20 heteroatoms. The number of ether oxygens (including phenoxy) is 1. The van der Waals surface area contributed by atoms with Crippen LogP contribution in [0.5, 0.6) is 0 Å². The number of aryl methyl sites for hydroxylation is 1. The van der Waals surface area contributed by atoms with Crippen LogP contribution >= 0.6 is 0 Å². The summed E-state index contributed by atoms with van der Waals surface area (Å²) in [4.78, 5) is 25.5. The van der Waals surface area contributed by atoms with Gasteiger partial charge in [0.25, 0.3) is 0 Å². The minimum atomic E-state index is -0.240. The summed E-state index contributed by atoms with van der Waals surface area (Å²) in [6.07, 6.45) is 26.7. The first-order chi connectivity index (χ1) is 38.7. The Balaban J connectivity index is 0.000000365. The molecule has 0 fully saturated rings. The van der Waals surface area contributed by atoms with E-state index in [4.69, 9.17) is 4.74 Å². The molecule has 15 nitrogen and oxygen atoms in total. The first-order valence-electron chi connectivity index (χ1n) is 27.8. The minimum Gasteiger partial charge on any atom is -0.525 e. The van der Waals surface area contributed by atoms with Gasteiger partial charge in [-0.15, -0.1) is 35.7 Å². The molecule has 11 rings (SSSR count). The first kappa shape index (κ1) is 76.6. The molecular formula is C66H77Li5N14O. The van der Waals surface area contributed by atoms with E-state index in [0.29, 0.717) is 23.7 Å². The Morgan fingerprint density at radius 2 is 1.08 bits per heavy atom. The van der Waals surface area contributed by atoms with E-state index in [1.165, 1.54) is 11.1 Å². The molecule has 10 heterocycles. The van der Waals surface area contributed by atoms with Gasteiger partial charge in [-0.3, -0.25) is 15.2 Å². The smallest absolute Gasteiger partial charge is 0.525 e. The second-order valence-corrected chi connectivity index (χ2v) is 22.5. The fourth-order valence-corrected chi connectivity index (χ4v) is 7.74. The zero-order valence-electron chi connectivity index (χ0n) is 54.7. The molecule has 1 aromatic carbocycles. The normalized spacial score (nSPS) is 13.5. The van der Waals surface area contributed by atoms with Crippen LogP contribution in [0.2, 0.25) is 0 Å². The van der Waals surface area contributed by atoms with Gasteiger partial charge in [0.1, 0.15) is 0 Å². The molecule has 9 aromatic heterocycles. The van der Waals surface area contributed by atoms with Crippen molar-refractivity contribution in [1.82, 2.24) is 69.0 Å². The van der Waals surface area contributed by atoms with Gasteiger partial charge in [0.05, 0.1) is 34.7 Å². The Kier molecular flexibility index (Phi) is 31.6. The van der Waals surface area contributed by atoms with E-state index >= 15 is 0 Å². The van der Waals surface area contributed by atoms with Crippen molar-refractivity contribution in [3.8, 4) is 23.3 Å². The number of fused-ring (bicyclic) bond motifs is 1. The van der Waals surface area contributed by atoms with Crippen LogP contribution < -0.4 is 94.3 Å². The Hall–Kier alpha value is -5.47. The summed E-state index contributed by atoms with van der Waals surface area (Å²) in [7, 11) is 0. The SMILES string of the molecule is CC(C)(C)c1c[c-]n(-c2ccccn2)n1.CC(C)C(C)c1ccnc(-n2[c-]c3ccccc3n2)c1.CCC(C)c1ccnc(C2=[C-]C(C)(C)C(C)(C)O2)c1.CCC(C)c1n[c-]n(-c2ccccn2)n1.Cc1c[c-]n(-c2ccccn2)n1.[Li+].[Li+].[Li+].[Li+].[Li+]. The molecule has 0 spiro atoms. The second-order valence-electron chi connectivity index (χ2n) is 22.5. The van der Waals surface area contributed by atoms with E-state index in [9.17, 15) is 0 Å². The van der Waals surface area contributed by atoms with Gasteiger partial charge in [0.15, 0.2) is 0 Å². The van der Waals surface area contributed by atoms with Crippen molar-refractivity contribution >= 4 is 16.7 Å². The number of benzene rings is 1. The molecule has 1 aliphatic rings. The van der Waals surface area contributed by atoms with Crippen LogP contribution in [0.1, 0.15) is 162 Å². The average molecular weight is 1120 g/mol. The van der Waals surface area contributed by atoms with E-state index in [1.807, 2.05) is 110 Å². The molecule has 422 valence electrons.